The molecule has 0 fully saturated rings. The Morgan fingerprint density at radius 3 is 2.65 bits per heavy atom. The molecule has 26 heavy (non-hydrogen) atoms. The number of aromatic amines is 1. The van der Waals surface area contributed by atoms with Crippen LogP contribution in [0.4, 0.5) is 17.3 Å². The van der Waals surface area contributed by atoms with Gasteiger partial charge in [-0.1, -0.05) is 23.7 Å². The van der Waals surface area contributed by atoms with Gasteiger partial charge in [-0.15, -0.1) is 0 Å². The monoisotopic (exact) mass is 435 g/mol. The number of H-pyrrole nitrogens is 1. The maximum absolute atomic E-state index is 11.9. The topological polar surface area (TPSA) is 116 Å². The molecule has 0 saturated carbocycles. The van der Waals surface area contributed by atoms with Gasteiger partial charge >= 0.3 is 0 Å². The summed E-state index contributed by atoms with van der Waals surface area (Å²) >= 11 is 9.41. The van der Waals surface area contributed by atoms with Gasteiger partial charge in [-0.3, -0.25) is 9.89 Å². The Bertz CT molecular complexity index is 943. The van der Waals surface area contributed by atoms with Gasteiger partial charge in [0.2, 0.25) is 0 Å². The van der Waals surface area contributed by atoms with Crippen LogP contribution >= 0.6 is 27.5 Å². The van der Waals surface area contributed by atoms with Crippen molar-refractivity contribution in [2.24, 2.45) is 5.73 Å². The van der Waals surface area contributed by atoms with Crippen LogP contribution in [0.25, 0.3) is 0 Å². The van der Waals surface area contributed by atoms with E-state index in [1.165, 1.54) is 0 Å². The molecule has 3 rings (SSSR count). The van der Waals surface area contributed by atoms with E-state index in [1.807, 2.05) is 0 Å². The molecule has 1 heterocycles. The number of primary amides is 1. The van der Waals surface area contributed by atoms with Crippen molar-refractivity contribution in [1.82, 2.24) is 10.2 Å². The summed E-state index contributed by atoms with van der Waals surface area (Å²) in [5.74, 6) is 0.254. The molecule has 6 N–H and O–H groups in total. The molecule has 0 spiro atoms. The van der Waals surface area contributed by atoms with Crippen LogP contribution in [-0.4, -0.2) is 21.2 Å². The number of hydrogen-bond acceptors (Lipinski definition) is 5. The quantitative estimate of drug-likeness (QED) is 0.401. The molecule has 0 atom stereocenters. The van der Waals surface area contributed by atoms with Crippen LogP contribution in [0.3, 0.4) is 0 Å². The van der Waals surface area contributed by atoms with Crippen LogP contribution in [0.15, 0.2) is 46.9 Å². The zero-order valence-corrected chi connectivity index (χ0v) is 15.7. The number of carbonyl (C=O) groups is 1. The van der Waals surface area contributed by atoms with Gasteiger partial charge < -0.3 is 21.5 Å². The number of rotatable bonds is 6. The summed E-state index contributed by atoms with van der Waals surface area (Å²) in [6.07, 6.45) is 0. The van der Waals surface area contributed by atoms with Gasteiger partial charge in [0.15, 0.2) is 5.82 Å². The number of nitrogens with zero attached hydrogens (tertiary/aromatic N) is 1. The Morgan fingerprint density at radius 2 is 2.00 bits per heavy atom. The summed E-state index contributed by atoms with van der Waals surface area (Å²) in [4.78, 5) is 11.9. The standard InChI is InChI=1S/C17H15BrClN5O2/c18-12-6-3-10(7-13(12)19)22-17-14(15(20)26)16(23-24-17)21-8-9-1-4-11(25)5-2-9/h1-7,25H,8H2,(H2,20,26)(H3,21,22,23,24). The number of benzene rings is 2. The number of phenols is 1. The van der Waals surface area contributed by atoms with Crippen LogP contribution in [0, 0.1) is 0 Å². The number of amides is 1. The lowest BCUT2D eigenvalue weighted by Crippen LogP contribution is -2.15. The van der Waals surface area contributed by atoms with E-state index in [0.717, 1.165) is 10.0 Å². The molecule has 0 saturated heterocycles. The molecule has 0 aliphatic carbocycles. The van der Waals surface area contributed by atoms with Crippen LogP contribution in [0.2, 0.25) is 5.02 Å². The Hall–Kier alpha value is -2.71. The second-order valence-corrected chi connectivity index (χ2v) is 6.72. The largest absolute Gasteiger partial charge is 0.508 e. The summed E-state index contributed by atoms with van der Waals surface area (Å²) < 4.78 is 0.765. The van der Waals surface area contributed by atoms with Crippen LogP contribution in [0.5, 0.6) is 5.75 Å². The van der Waals surface area contributed by atoms with E-state index in [9.17, 15) is 9.90 Å². The summed E-state index contributed by atoms with van der Waals surface area (Å²) in [6, 6.07) is 12.0. The van der Waals surface area contributed by atoms with Gasteiger partial charge in [0.05, 0.1) is 5.02 Å². The first-order valence-corrected chi connectivity index (χ1v) is 8.73. The predicted octanol–water partition coefficient (Wildman–Crippen LogP) is 3.99. The third kappa shape index (κ3) is 4.09. The van der Waals surface area contributed by atoms with Crippen LogP contribution in [-0.2, 0) is 6.54 Å². The molecule has 1 amide bonds. The fourth-order valence-corrected chi connectivity index (χ4v) is 2.75. The van der Waals surface area contributed by atoms with Gasteiger partial charge in [0.25, 0.3) is 5.91 Å². The fourth-order valence-electron chi connectivity index (χ4n) is 2.32. The number of hydrogen-bond donors (Lipinski definition) is 5. The van der Waals surface area contributed by atoms with Crippen molar-refractivity contribution < 1.29 is 9.90 Å². The first-order chi connectivity index (χ1) is 12.4. The smallest absolute Gasteiger partial charge is 0.256 e. The summed E-state index contributed by atoms with van der Waals surface area (Å²) in [6.45, 7) is 0.412. The zero-order valence-electron chi connectivity index (χ0n) is 13.4. The normalized spacial score (nSPS) is 10.5. The van der Waals surface area contributed by atoms with Crippen molar-refractivity contribution in [3.63, 3.8) is 0 Å². The first-order valence-electron chi connectivity index (χ1n) is 7.56. The number of phenolic OH excluding ortho intramolecular Hbond substituents is 1. The third-order valence-corrected chi connectivity index (χ3v) is 4.83. The first kappa shape index (κ1) is 18.1. The summed E-state index contributed by atoms with van der Waals surface area (Å²) in [7, 11) is 0. The van der Waals surface area contributed by atoms with E-state index in [4.69, 9.17) is 17.3 Å². The lowest BCUT2D eigenvalue weighted by atomic mass is 10.2. The van der Waals surface area contributed by atoms with Crippen molar-refractivity contribution in [1.29, 1.82) is 0 Å². The van der Waals surface area contributed by atoms with E-state index in [-0.39, 0.29) is 11.3 Å². The second-order valence-electron chi connectivity index (χ2n) is 5.46. The molecule has 134 valence electrons. The maximum atomic E-state index is 11.9. The lowest BCUT2D eigenvalue weighted by molar-refractivity contribution is 0.100. The van der Waals surface area contributed by atoms with Gasteiger partial charge in [-0.05, 0) is 51.8 Å². The van der Waals surface area contributed by atoms with Gasteiger partial charge in [0.1, 0.15) is 17.1 Å². The molecule has 7 nitrogen and oxygen atoms in total. The maximum Gasteiger partial charge on any atom is 0.256 e. The van der Waals surface area contributed by atoms with E-state index in [1.54, 1.807) is 42.5 Å². The van der Waals surface area contributed by atoms with E-state index in [0.29, 0.717) is 28.9 Å². The molecule has 3 aromatic rings. The minimum Gasteiger partial charge on any atom is -0.508 e. The average Bonchev–Trinajstić information content (AvgIpc) is 3.00. The molecule has 0 radical (unpaired) electrons. The van der Waals surface area contributed by atoms with E-state index < -0.39 is 5.91 Å². The van der Waals surface area contributed by atoms with E-state index >= 15 is 0 Å². The third-order valence-electron chi connectivity index (χ3n) is 3.60. The van der Waals surface area contributed by atoms with Gasteiger partial charge in [0, 0.05) is 16.7 Å². The van der Waals surface area contributed by atoms with Crippen molar-refractivity contribution in [2.45, 2.75) is 6.54 Å². The molecular weight excluding hydrogens is 422 g/mol. The summed E-state index contributed by atoms with van der Waals surface area (Å²) in [5, 5.41) is 22.8. The van der Waals surface area contributed by atoms with Crippen LogP contribution < -0.4 is 16.4 Å². The molecular formula is C17H15BrClN5O2. The number of carbonyl (C=O) groups excluding carboxylic acids is 1. The zero-order chi connectivity index (χ0) is 18.7. The number of halogens is 2. The van der Waals surface area contributed by atoms with Crippen molar-refractivity contribution in [3.05, 3.63) is 63.1 Å². The average molecular weight is 437 g/mol. The molecule has 0 unspecified atom stereocenters. The number of nitrogens with two attached hydrogens (primary N) is 1. The molecule has 1 aromatic heterocycles. The predicted molar refractivity (Wildman–Crippen MR) is 105 cm³/mol. The van der Waals surface area contributed by atoms with Crippen molar-refractivity contribution >= 4 is 50.8 Å². The molecule has 0 aliphatic rings. The number of aromatic hydroxyl groups is 1. The molecule has 9 heteroatoms. The highest BCUT2D eigenvalue weighted by Crippen LogP contribution is 2.29. The SMILES string of the molecule is NC(=O)c1c(NCc2ccc(O)cc2)n[nH]c1Nc1ccc(Br)c(Cl)c1. The van der Waals surface area contributed by atoms with Crippen molar-refractivity contribution in [3.8, 4) is 5.75 Å². The highest BCUT2D eigenvalue weighted by molar-refractivity contribution is 9.10. The Labute approximate surface area is 162 Å². The van der Waals surface area contributed by atoms with Gasteiger partial charge in [-0.2, -0.15) is 5.10 Å². The van der Waals surface area contributed by atoms with Gasteiger partial charge in [-0.25, -0.2) is 0 Å². The Kier molecular flexibility index (Phi) is 5.34. The lowest BCUT2D eigenvalue weighted by Gasteiger charge is -2.08. The highest BCUT2D eigenvalue weighted by atomic mass is 79.9. The van der Waals surface area contributed by atoms with E-state index in [2.05, 4.69) is 36.8 Å². The number of nitrogens with one attached hydrogen (secondary N) is 3. The second kappa shape index (κ2) is 7.67. The highest BCUT2D eigenvalue weighted by Gasteiger charge is 2.18. The number of aromatic nitrogens is 2. The molecule has 0 aliphatic heterocycles. The Morgan fingerprint density at radius 1 is 1.27 bits per heavy atom. The molecule has 0 bridgehead atoms. The fraction of sp³-hybridized carbons (Fsp3) is 0.0588. The minimum absolute atomic E-state index is 0.186. The van der Waals surface area contributed by atoms with Crippen molar-refractivity contribution in [2.75, 3.05) is 10.6 Å². The Balaban J connectivity index is 1.80. The summed E-state index contributed by atoms with van der Waals surface area (Å²) in [5.41, 5.74) is 7.31. The molecule has 2 aromatic carbocycles. The minimum atomic E-state index is -0.627. The van der Waals surface area contributed by atoms with Crippen LogP contribution in [0.1, 0.15) is 15.9 Å². The number of anilines is 3.